The quantitative estimate of drug-likeness (QED) is 0.695. The molecular formula is C5H5N2O4S2-. The lowest BCUT2D eigenvalue weighted by Crippen LogP contribution is -2.03. The maximum Gasteiger partial charge on any atom is 0.309 e. The van der Waals surface area contributed by atoms with Crippen molar-refractivity contribution in [1.82, 2.24) is 4.98 Å². The smallest absolute Gasteiger partial charge is 0.309 e. The Bertz CT molecular complexity index is 307. The van der Waals surface area contributed by atoms with Crippen LogP contribution in [0.1, 0.15) is 5.69 Å². The Hall–Kier alpha value is -0.990. The standard InChI is InChI=1S/C5H6N2O4S2/c8-4(9)1-3-2-12-5(6-3)7-13(10)11/h2H,1H2,(H,6,7)(H,8,9)(H,10,11)/p-1. The van der Waals surface area contributed by atoms with Gasteiger partial charge in [0.1, 0.15) is 0 Å². The predicted octanol–water partition coefficient (Wildman–Crippen LogP) is -0.0238. The Balaban J connectivity index is 2.63. The molecule has 0 amide bonds. The highest BCUT2D eigenvalue weighted by Gasteiger charge is 2.05. The van der Waals surface area contributed by atoms with Crippen LogP contribution in [0.2, 0.25) is 0 Å². The van der Waals surface area contributed by atoms with Gasteiger partial charge in [-0.1, -0.05) is 0 Å². The Morgan fingerprint density at radius 2 is 2.54 bits per heavy atom. The van der Waals surface area contributed by atoms with Crippen LogP contribution in [-0.2, 0) is 22.5 Å². The van der Waals surface area contributed by atoms with Gasteiger partial charge in [-0.3, -0.25) is 13.7 Å². The van der Waals surface area contributed by atoms with E-state index >= 15 is 0 Å². The van der Waals surface area contributed by atoms with Crippen molar-refractivity contribution < 1.29 is 18.7 Å². The van der Waals surface area contributed by atoms with Gasteiger partial charge in [0.25, 0.3) is 0 Å². The number of hydrogen-bond acceptors (Lipinski definition) is 5. The van der Waals surface area contributed by atoms with Gasteiger partial charge in [-0.15, -0.1) is 11.3 Å². The number of nitrogens with one attached hydrogen (secondary N) is 1. The van der Waals surface area contributed by atoms with E-state index in [1.807, 2.05) is 4.72 Å². The first-order valence-corrected chi connectivity index (χ1v) is 5.05. The van der Waals surface area contributed by atoms with Crippen LogP contribution in [0.25, 0.3) is 0 Å². The van der Waals surface area contributed by atoms with Crippen LogP contribution in [-0.4, -0.2) is 24.8 Å². The van der Waals surface area contributed by atoms with Crippen LogP contribution in [0.15, 0.2) is 5.38 Å². The van der Waals surface area contributed by atoms with Gasteiger partial charge in [0.15, 0.2) is 5.13 Å². The minimum Gasteiger partial charge on any atom is -0.755 e. The van der Waals surface area contributed by atoms with Gasteiger partial charge in [0.2, 0.25) is 0 Å². The van der Waals surface area contributed by atoms with Gasteiger partial charge in [-0.2, -0.15) is 0 Å². The molecule has 0 saturated carbocycles. The summed E-state index contributed by atoms with van der Waals surface area (Å²) in [5, 5.41) is 10.0. The average molecular weight is 221 g/mol. The van der Waals surface area contributed by atoms with Crippen molar-refractivity contribution in [3.63, 3.8) is 0 Å². The van der Waals surface area contributed by atoms with Crippen molar-refractivity contribution in [2.45, 2.75) is 6.42 Å². The van der Waals surface area contributed by atoms with E-state index in [0.29, 0.717) is 5.69 Å². The van der Waals surface area contributed by atoms with Gasteiger partial charge in [-0.25, -0.2) is 4.98 Å². The minimum atomic E-state index is -2.42. The summed E-state index contributed by atoms with van der Waals surface area (Å²) in [7, 11) is 0. The SMILES string of the molecule is O=C(O)Cc1csc(NS(=O)[O-])n1. The summed E-state index contributed by atoms with van der Waals surface area (Å²) in [6.07, 6.45) is -0.205. The molecular weight excluding hydrogens is 216 g/mol. The number of carboxylic acid groups (broad SMARTS) is 1. The average Bonchev–Trinajstić information content (AvgIpc) is 2.33. The molecule has 0 fully saturated rings. The van der Waals surface area contributed by atoms with Gasteiger partial charge in [0.05, 0.1) is 12.1 Å². The maximum absolute atomic E-state index is 10.2. The number of rotatable bonds is 4. The first-order valence-electron chi connectivity index (χ1n) is 3.10. The van der Waals surface area contributed by atoms with Crippen LogP contribution < -0.4 is 4.72 Å². The summed E-state index contributed by atoms with van der Waals surface area (Å²) in [6, 6.07) is 0. The first-order chi connectivity index (χ1) is 6.08. The highest BCUT2D eigenvalue weighted by molar-refractivity contribution is 7.80. The maximum atomic E-state index is 10.2. The van der Waals surface area contributed by atoms with E-state index in [1.54, 1.807) is 0 Å². The summed E-state index contributed by atoms with van der Waals surface area (Å²) in [5.41, 5.74) is 0.338. The monoisotopic (exact) mass is 221 g/mol. The van der Waals surface area contributed by atoms with E-state index in [9.17, 15) is 13.6 Å². The Morgan fingerprint density at radius 1 is 1.85 bits per heavy atom. The van der Waals surface area contributed by atoms with Gasteiger partial charge in [-0.05, 0) is 0 Å². The zero-order valence-electron chi connectivity index (χ0n) is 6.22. The van der Waals surface area contributed by atoms with Gasteiger partial charge < -0.3 is 9.66 Å². The van der Waals surface area contributed by atoms with Crippen molar-refractivity contribution >= 4 is 33.7 Å². The van der Waals surface area contributed by atoms with Crippen molar-refractivity contribution in [2.75, 3.05) is 4.72 Å². The Morgan fingerprint density at radius 3 is 3.08 bits per heavy atom. The van der Waals surface area contributed by atoms with E-state index in [-0.39, 0.29) is 11.6 Å². The first kappa shape index (κ1) is 10.1. The number of carboxylic acids is 1. The summed E-state index contributed by atoms with van der Waals surface area (Å²) in [6.45, 7) is 0. The number of carbonyl (C=O) groups is 1. The van der Waals surface area contributed by atoms with Crippen molar-refractivity contribution in [2.24, 2.45) is 0 Å². The Kier molecular flexibility index (Phi) is 3.34. The molecule has 1 heterocycles. The zero-order valence-corrected chi connectivity index (χ0v) is 7.85. The number of aliphatic carboxylic acids is 1. The molecule has 1 atom stereocenters. The lowest BCUT2D eigenvalue weighted by molar-refractivity contribution is -0.136. The fraction of sp³-hybridized carbons (Fsp3) is 0.200. The molecule has 0 aliphatic carbocycles. The molecule has 1 rings (SSSR count). The number of anilines is 1. The van der Waals surface area contributed by atoms with Gasteiger partial charge >= 0.3 is 5.97 Å². The molecule has 0 aliphatic rings. The molecule has 0 aliphatic heterocycles. The summed E-state index contributed by atoms with van der Waals surface area (Å²) >= 11 is -1.37. The molecule has 0 spiro atoms. The van der Waals surface area contributed by atoms with Crippen LogP contribution in [0, 0.1) is 0 Å². The minimum absolute atomic E-state index is 0.171. The number of thiazole rings is 1. The van der Waals surface area contributed by atoms with E-state index in [0.717, 1.165) is 11.3 Å². The van der Waals surface area contributed by atoms with Crippen LogP contribution in [0.5, 0.6) is 0 Å². The van der Waals surface area contributed by atoms with E-state index in [2.05, 4.69) is 4.98 Å². The molecule has 8 heteroatoms. The largest absolute Gasteiger partial charge is 0.755 e. The van der Waals surface area contributed by atoms with Gasteiger partial charge in [0, 0.05) is 16.6 Å². The summed E-state index contributed by atoms with van der Waals surface area (Å²) < 4.78 is 22.3. The molecule has 13 heavy (non-hydrogen) atoms. The van der Waals surface area contributed by atoms with Crippen LogP contribution >= 0.6 is 11.3 Å². The van der Waals surface area contributed by atoms with Crippen LogP contribution in [0.4, 0.5) is 5.13 Å². The second-order valence-corrected chi connectivity index (χ2v) is 3.58. The predicted molar refractivity (Wildman–Crippen MR) is 46.0 cm³/mol. The summed E-state index contributed by atoms with van der Waals surface area (Å²) in [5.74, 6) is -1.000. The third-order valence-electron chi connectivity index (χ3n) is 1.05. The van der Waals surface area contributed by atoms with E-state index in [1.165, 1.54) is 5.38 Å². The number of hydrogen-bond donors (Lipinski definition) is 2. The topological polar surface area (TPSA) is 102 Å². The highest BCUT2D eigenvalue weighted by atomic mass is 32.2. The normalized spacial score (nSPS) is 12.4. The Labute approximate surface area is 80.0 Å². The molecule has 1 aromatic heterocycles. The lowest BCUT2D eigenvalue weighted by atomic mass is 10.3. The third-order valence-corrected chi connectivity index (χ3v) is 2.35. The lowest BCUT2D eigenvalue weighted by Gasteiger charge is -2.02. The molecule has 0 saturated heterocycles. The highest BCUT2D eigenvalue weighted by Crippen LogP contribution is 2.15. The third kappa shape index (κ3) is 3.49. The zero-order chi connectivity index (χ0) is 9.84. The van der Waals surface area contributed by atoms with Crippen molar-refractivity contribution in [3.05, 3.63) is 11.1 Å². The molecule has 0 aromatic carbocycles. The number of aromatic nitrogens is 1. The van der Waals surface area contributed by atoms with E-state index < -0.39 is 17.2 Å². The molecule has 0 bridgehead atoms. The second-order valence-electron chi connectivity index (χ2n) is 2.05. The van der Waals surface area contributed by atoms with Crippen molar-refractivity contribution in [1.29, 1.82) is 0 Å². The molecule has 1 unspecified atom stereocenters. The molecule has 1 aromatic rings. The number of nitrogens with zero attached hydrogens (tertiary/aromatic N) is 1. The van der Waals surface area contributed by atoms with Crippen LogP contribution in [0.3, 0.4) is 0 Å². The van der Waals surface area contributed by atoms with Crippen molar-refractivity contribution in [3.8, 4) is 0 Å². The molecule has 6 nitrogen and oxygen atoms in total. The second kappa shape index (κ2) is 4.30. The fourth-order valence-electron chi connectivity index (χ4n) is 0.661. The fourth-order valence-corrected chi connectivity index (χ4v) is 1.80. The molecule has 0 radical (unpaired) electrons. The molecule has 2 N–H and O–H groups in total. The molecule has 72 valence electrons. The van der Waals surface area contributed by atoms with E-state index in [4.69, 9.17) is 5.11 Å². The summed E-state index contributed by atoms with van der Waals surface area (Å²) in [4.78, 5) is 13.9.